The molecule has 0 radical (unpaired) electrons. The zero-order valence-corrected chi connectivity index (χ0v) is 14.7. The average Bonchev–Trinajstić information content (AvgIpc) is 3.15. The Bertz CT molecular complexity index is 1010. The van der Waals surface area contributed by atoms with E-state index in [2.05, 4.69) is 8.75 Å². The number of carbonyl (C=O) groups is 1. The monoisotopic (exact) mass is 370 g/mol. The summed E-state index contributed by atoms with van der Waals surface area (Å²) in [6, 6.07) is 7.39. The van der Waals surface area contributed by atoms with E-state index in [9.17, 15) is 4.79 Å². The Morgan fingerprint density at radius 1 is 1.15 bits per heavy atom. The Kier molecular flexibility index (Phi) is 3.46. The largest absolute Gasteiger partial charge is 0.493 e. The first-order chi connectivity index (χ1) is 12.7. The van der Waals surface area contributed by atoms with Crippen molar-refractivity contribution in [2.45, 2.75) is 12.3 Å². The number of ether oxygens (including phenoxy) is 4. The van der Waals surface area contributed by atoms with Gasteiger partial charge in [0, 0.05) is 11.5 Å². The van der Waals surface area contributed by atoms with E-state index in [-0.39, 0.29) is 18.3 Å². The van der Waals surface area contributed by atoms with E-state index in [0.717, 1.165) is 33.9 Å². The van der Waals surface area contributed by atoms with Crippen molar-refractivity contribution in [3.05, 3.63) is 35.4 Å². The second-order valence-electron chi connectivity index (χ2n) is 6.09. The second-order valence-corrected chi connectivity index (χ2v) is 6.62. The maximum absolute atomic E-state index is 12.2. The van der Waals surface area contributed by atoms with E-state index in [4.69, 9.17) is 18.9 Å². The fourth-order valence-corrected chi connectivity index (χ4v) is 4.04. The predicted molar refractivity (Wildman–Crippen MR) is 93.5 cm³/mol. The quantitative estimate of drug-likeness (QED) is 0.507. The van der Waals surface area contributed by atoms with Crippen LogP contribution in [0.3, 0.4) is 0 Å². The van der Waals surface area contributed by atoms with Crippen LogP contribution in [0.15, 0.2) is 24.3 Å². The summed E-state index contributed by atoms with van der Waals surface area (Å²) in [5.41, 5.74) is 3.32. The molecule has 7 nitrogen and oxygen atoms in total. The Balaban J connectivity index is 1.72. The van der Waals surface area contributed by atoms with E-state index in [1.165, 1.54) is 0 Å². The maximum Gasteiger partial charge on any atom is 0.312 e. The summed E-state index contributed by atoms with van der Waals surface area (Å²) >= 11 is 1.14. The Morgan fingerprint density at radius 2 is 2.04 bits per heavy atom. The molecule has 1 unspecified atom stereocenters. The highest BCUT2D eigenvalue weighted by atomic mass is 32.1. The molecule has 2 aliphatic rings. The van der Waals surface area contributed by atoms with Crippen molar-refractivity contribution in [2.24, 2.45) is 0 Å². The van der Waals surface area contributed by atoms with Crippen LogP contribution >= 0.6 is 11.7 Å². The molecule has 0 aliphatic carbocycles. The number of rotatable bonds is 2. The van der Waals surface area contributed by atoms with Gasteiger partial charge >= 0.3 is 5.97 Å². The third-order valence-corrected chi connectivity index (χ3v) is 5.17. The first kappa shape index (κ1) is 15.4. The van der Waals surface area contributed by atoms with E-state index >= 15 is 0 Å². The van der Waals surface area contributed by atoms with Crippen molar-refractivity contribution < 1.29 is 23.7 Å². The molecule has 0 amide bonds. The number of nitrogens with zero attached hydrogens (tertiary/aromatic N) is 2. The summed E-state index contributed by atoms with van der Waals surface area (Å²) in [5, 5.41) is 0. The van der Waals surface area contributed by atoms with Gasteiger partial charge in [0.25, 0.3) is 0 Å². The second kappa shape index (κ2) is 5.84. The molecule has 0 saturated carbocycles. The minimum absolute atomic E-state index is 0.215. The third kappa shape index (κ3) is 2.29. The van der Waals surface area contributed by atoms with Crippen LogP contribution < -0.4 is 18.9 Å². The SMILES string of the molecule is COc1cc(C2CC(=O)Oc3ccc4nsnc4c32)cc2c1OCCO2. The van der Waals surface area contributed by atoms with Gasteiger partial charge in [-0.05, 0) is 29.8 Å². The minimum atomic E-state index is -0.279. The zero-order chi connectivity index (χ0) is 17.7. The van der Waals surface area contributed by atoms with Gasteiger partial charge in [0.15, 0.2) is 11.5 Å². The van der Waals surface area contributed by atoms with Gasteiger partial charge in [-0.15, -0.1) is 0 Å². The van der Waals surface area contributed by atoms with Gasteiger partial charge in [0.2, 0.25) is 5.75 Å². The number of esters is 1. The van der Waals surface area contributed by atoms with Crippen LogP contribution in [0.4, 0.5) is 0 Å². The van der Waals surface area contributed by atoms with Gasteiger partial charge < -0.3 is 18.9 Å². The van der Waals surface area contributed by atoms with Crippen molar-refractivity contribution in [2.75, 3.05) is 20.3 Å². The van der Waals surface area contributed by atoms with E-state index in [1.807, 2.05) is 18.2 Å². The molecule has 132 valence electrons. The molecule has 5 rings (SSSR count). The van der Waals surface area contributed by atoms with Gasteiger partial charge in [0.05, 0.1) is 25.3 Å². The lowest BCUT2D eigenvalue weighted by Crippen LogP contribution is -2.22. The van der Waals surface area contributed by atoms with E-state index in [0.29, 0.717) is 36.2 Å². The lowest BCUT2D eigenvalue weighted by molar-refractivity contribution is -0.135. The fraction of sp³-hybridized carbons (Fsp3) is 0.278. The number of aromatic nitrogens is 2. The molecule has 0 spiro atoms. The van der Waals surface area contributed by atoms with Crippen LogP contribution in [0, 0.1) is 0 Å². The van der Waals surface area contributed by atoms with Gasteiger partial charge in [-0.25, -0.2) is 0 Å². The number of fused-ring (bicyclic) bond motifs is 4. The molecular weight excluding hydrogens is 356 g/mol. The lowest BCUT2D eigenvalue weighted by Gasteiger charge is -2.27. The van der Waals surface area contributed by atoms with Crippen molar-refractivity contribution in [3.63, 3.8) is 0 Å². The topological polar surface area (TPSA) is 79.8 Å². The van der Waals surface area contributed by atoms with Crippen LogP contribution in [0.1, 0.15) is 23.5 Å². The number of hydrogen-bond acceptors (Lipinski definition) is 8. The molecule has 3 heterocycles. The highest BCUT2D eigenvalue weighted by molar-refractivity contribution is 7.00. The van der Waals surface area contributed by atoms with Gasteiger partial charge in [0.1, 0.15) is 30.0 Å². The average molecular weight is 370 g/mol. The smallest absolute Gasteiger partial charge is 0.312 e. The van der Waals surface area contributed by atoms with Crippen molar-refractivity contribution in [1.29, 1.82) is 0 Å². The Labute approximate surface area is 152 Å². The molecule has 0 bridgehead atoms. The summed E-state index contributed by atoms with van der Waals surface area (Å²) in [6.45, 7) is 0.954. The van der Waals surface area contributed by atoms with Crippen LogP contribution in [-0.4, -0.2) is 35.0 Å². The number of carbonyl (C=O) groups excluding carboxylic acids is 1. The molecule has 8 heteroatoms. The molecule has 1 aromatic heterocycles. The lowest BCUT2D eigenvalue weighted by atomic mass is 9.85. The molecule has 1 atom stereocenters. The summed E-state index contributed by atoms with van der Waals surface area (Å²) in [4.78, 5) is 12.2. The summed E-state index contributed by atoms with van der Waals surface area (Å²) in [5.74, 6) is 1.83. The molecule has 2 aliphatic heterocycles. The van der Waals surface area contributed by atoms with Crippen molar-refractivity contribution in [1.82, 2.24) is 8.75 Å². The van der Waals surface area contributed by atoms with Gasteiger partial charge in [-0.2, -0.15) is 8.75 Å². The number of methoxy groups -OCH3 is 1. The Hall–Kier alpha value is -2.87. The number of hydrogen-bond donors (Lipinski definition) is 0. The van der Waals surface area contributed by atoms with Gasteiger partial charge in [-0.1, -0.05) is 0 Å². The maximum atomic E-state index is 12.2. The molecule has 0 saturated heterocycles. The predicted octanol–water partition coefficient (Wildman–Crippen LogP) is 2.91. The first-order valence-electron chi connectivity index (χ1n) is 8.18. The highest BCUT2D eigenvalue weighted by Crippen LogP contribution is 2.47. The van der Waals surface area contributed by atoms with Crippen molar-refractivity contribution >= 4 is 28.7 Å². The standard InChI is InChI=1S/C18H14N2O5S/c1-22-13-6-9(7-14-18(13)24-5-4-23-14)10-8-15(21)25-12-3-2-11-17(16(10)12)20-26-19-11/h2-3,6-7,10H,4-5,8H2,1H3. The molecule has 26 heavy (non-hydrogen) atoms. The summed E-state index contributed by atoms with van der Waals surface area (Å²) in [6.07, 6.45) is 0.215. The summed E-state index contributed by atoms with van der Waals surface area (Å²) in [7, 11) is 1.59. The third-order valence-electron chi connectivity index (χ3n) is 4.62. The molecule has 0 N–H and O–H groups in total. The van der Waals surface area contributed by atoms with Crippen LogP contribution in [0.25, 0.3) is 11.0 Å². The summed E-state index contributed by atoms with van der Waals surface area (Å²) < 4.78 is 31.1. The molecule has 3 aromatic rings. The number of benzene rings is 2. The van der Waals surface area contributed by atoms with E-state index in [1.54, 1.807) is 13.2 Å². The first-order valence-corrected chi connectivity index (χ1v) is 8.91. The van der Waals surface area contributed by atoms with Crippen LogP contribution in [0.5, 0.6) is 23.0 Å². The van der Waals surface area contributed by atoms with Crippen LogP contribution in [-0.2, 0) is 4.79 Å². The molecular formula is C18H14N2O5S. The Morgan fingerprint density at radius 3 is 2.92 bits per heavy atom. The van der Waals surface area contributed by atoms with Crippen molar-refractivity contribution in [3.8, 4) is 23.0 Å². The normalized spacial score (nSPS) is 18.3. The minimum Gasteiger partial charge on any atom is -0.493 e. The molecule has 0 fully saturated rings. The van der Waals surface area contributed by atoms with E-state index < -0.39 is 0 Å². The van der Waals surface area contributed by atoms with Crippen LogP contribution in [0.2, 0.25) is 0 Å². The van der Waals surface area contributed by atoms with Gasteiger partial charge in [-0.3, -0.25) is 4.79 Å². The zero-order valence-electron chi connectivity index (χ0n) is 13.9. The molecule has 2 aromatic carbocycles. The fourth-order valence-electron chi connectivity index (χ4n) is 3.49. The highest BCUT2D eigenvalue weighted by Gasteiger charge is 2.33.